The van der Waals surface area contributed by atoms with Gasteiger partial charge in [-0.05, 0) is 36.6 Å². The van der Waals surface area contributed by atoms with Gasteiger partial charge in [-0.15, -0.1) is 0 Å². The highest BCUT2D eigenvalue weighted by atomic mass is 16.5. The van der Waals surface area contributed by atoms with Crippen molar-refractivity contribution < 1.29 is 9.84 Å². The first-order chi connectivity index (χ1) is 12.7. The quantitative estimate of drug-likeness (QED) is 0.592. The van der Waals surface area contributed by atoms with Gasteiger partial charge < -0.3 is 9.84 Å². The molecule has 0 saturated carbocycles. The maximum absolute atomic E-state index is 12.5. The Labute approximate surface area is 149 Å². The van der Waals surface area contributed by atoms with Crippen LogP contribution in [0.1, 0.15) is 6.92 Å². The molecule has 3 aromatic carbocycles. The molecule has 4 aromatic rings. The highest BCUT2D eigenvalue weighted by molar-refractivity contribution is 5.90. The van der Waals surface area contributed by atoms with E-state index in [1.807, 2.05) is 49.4 Å². The number of rotatable bonds is 4. The Bertz CT molecular complexity index is 1140. The van der Waals surface area contributed by atoms with Crippen LogP contribution in [0.2, 0.25) is 0 Å². The molecule has 0 aliphatic heterocycles. The minimum Gasteiger partial charge on any atom is -0.507 e. The molecule has 6 nitrogen and oxygen atoms in total. The molecule has 6 heteroatoms. The third kappa shape index (κ3) is 2.61. The maximum atomic E-state index is 12.5. The first kappa shape index (κ1) is 16.0. The summed E-state index contributed by atoms with van der Waals surface area (Å²) in [7, 11) is 0. The van der Waals surface area contributed by atoms with Gasteiger partial charge in [-0.2, -0.15) is 5.10 Å². The smallest absolute Gasteiger partial charge is 0.348 e. The summed E-state index contributed by atoms with van der Waals surface area (Å²) in [6.07, 6.45) is 0. The molecule has 0 bridgehead atoms. The van der Waals surface area contributed by atoms with Gasteiger partial charge in [-0.25, -0.2) is 14.5 Å². The van der Waals surface area contributed by atoms with Crippen molar-refractivity contribution in [2.75, 3.05) is 6.61 Å². The van der Waals surface area contributed by atoms with E-state index < -0.39 is 0 Å². The lowest BCUT2D eigenvalue weighted by Gasteiger charge is -2.11. The number of phenols is 1. The molecule has 0 aliphatic rings. The van der Waals surface area contributed by atoms with Crippen LogP contribution in [0.5, 0.6) is 11.5 Å². The lowest BCUT2D eigenvalue weighted by atomic mass is 10.1. The molecule has 0 radical (unpaired) electrons. The van der Waals surface area contributed by atoms with E-state index in [0.29, 0.717) is 29.4 Å². The van der Waals surface area contributed by atoms with E-state index in [9.17, 15) is 9.90 Å². The number of hydrogen-bond acceptors (Lipinski definition) is 4. The number of fused-ring (bicyclic) bond motifs is 1. The number of nitrogens with zero attached hydrogens (tertiary/aromatic N) is 2. The van der Waals surface area contributed by atoms with Crippen molar-refractivity contribution in [3.63, 3.8) is 0 Å². The number of aromatic nitrogens is 3. The van der Waals surface area contributed by atoms with Crippen molar-refractivity contribution in [2.24, 2.45) is 0 Å². The summed E-state index contributed by atoms with van der Waals surface area (Å²) in [6.45, 7) is 2.38. The van der Waals surface area contributed by atoms with Crippen LogP contribution in [0.3, 0.4) is 0 Å². The van der Waals surface area contributed by atoms with E-state index in [1.54, 1.807) is 12.1 Å². The number of phenolic OH excluding ortho intramolecular Hbond substituents is 1. The van der Waals surface area contributed by atoms with E-state index in [0.717, 1.165) is 10.8 Å². The van der Waals surface area contributed by atoms with Crippen LogP contribution in [-0.2, 0) is 0 Å². The standard InChI is InChI=1S/C20H17N3O3/c1-2-26-14-10-11-18(24)16(12-14)19-21-22-20(25)23(19)17-9-5-7-13-6-3-4-8-15(13)17/h3-12,24H,2H2,1H3,(H,22,25). The zero-order chi connectivity index (χ0) is 18.1. The molecule has 26 heavy (non-hydrogen) atoms. The van der Waals surface area contributed by atoms with E-state index >= 15 is 0 Å². The highest BCUT2D eigenvalue weighted by Crippen LogP contribution is 2.33. The van der Waals surface area contributed by atoms with Gasteiger partial charge in [0.1, 0.15) is 11.5 Å². The molecule has 0 unspecified atom stereocenters. The molecule has 4 rings (SSSR count). The van der Waals surface area contributed by atoms with Crippen molar-refractivity contribution in [2.45, 2.75) is 6.92 Å². The minimum absolute atomic E-state index is 0.0222. The van der Waals surface area contributed by atoms with Crippen LogP contribution >= 0.6 is 0 Å². The number of H-pyrrole nitrogens is 1. The Hall–Kier alpha value is -3.54. The zero-order valence-corrected chi connectivity index (χ0v) is 14.1. The predicted molar refractivity (Wildman–Crippen MR) is 100.0 cm³/mol. The fraction of sp³-hybridized carbons (Fsp3) is 0.100. The Morgan fingerprint density at radius 3 is 2.77 bits per heavy atom. The Balaban J connectivity index is 1.98. The van der Waals surface area contributed by atoms with Crippen LogP contribution < -0.4 is 10.4 Å². The Morgan fingerprint density at radius 1 is 1.12 bits per heavy atom. The first-order valence-electron chi connectivity index (χ1n) is 8.31. The third-order valence-corrected chi connectivity index (χ3v) is 4.20. The minimum atomic E-state index is -0.377. The number of aromatic hydroxyl groups is 1. The first-order valence-corrected chi connectivity index (χ1v) is 8.31. The number of aromatic amines is 1. The summed E-state index contributed by atoms with van der Waals surface area (Å²) in [5, 5.41) is 18.9. The lowest BCUT2D eigenvalue weighted by molar-refractivity contribution is 0.339. The van der Waals surface area contributed by atoms with Gasteiger partial charge in [0.25, 0.3) is 0 Å². The summed E-state index contributed by atoms with van der Waals surface area (Å²) >= 11 is 0. The molecule has 0 saturated heterocycles. The van der Waals surface area contributed by atoms with Crippen LogP contribution in [0.4, 0.5) is 0 Å². The summed E-state index contributed by atoms with van der Waals surface area (Å²) in [5.41, 5.74) is 0.734. The largest absolute Gasteiger partial charge is 0.507 e. The van der Waals surface area contributed by atoms with Crippen molar-refractivity contribution in [1.82, 2.24) is 14.8 Å². The van der Waals surface area contributed by atoms with Crippen molar-refractivity contribution in [3.05, 3.63) is 71.1 Å². The molecule has 1 heterocycles. The topological polar surface area (TPSA) is 80.1 Å². The van der Waals surface area contributed by atoms with Gasteiger partial charge >= 0.3 is 5.69 Å². The molecule has 0 amide bonds. The summed E-state index contributed by atoms with van der Waals surface area (Å²) in [5.74, 6) is 0.944. The molecule has 130 valence electrons. The van der Waals surface area contributed by atoms with E-state index in [-0.39, 0.29) is 11.4 Å². The molecule has 0 atom stereocenters. The molecule has 0 spiro atoms. The summed E-state index contributed by atoms with van der Waals surface area (Å²) in [6, 6.07) is 18.4. The number of nitrogens with one attached hydrogen (secondary N) is 1. The Morgan fingerprint density at radius 2 is 1.92 bits per heavy atom. The number of benzene rings is 3. The number of hydrogen-bond donors (Lipinski definition) is 2. The van der Waals surface area contributed by atoms with Gasteiger partial charge in [-0.1, -0.05) is 36.4 Å². The Kier molecular flexibility index (Phi) is 3.93. The van der Waals surface area contributed by atoms with Crippen LogP contribution in [-0.4, -0.2) is 26.5 Å². The van der Waals surface area contributed by atoms with Gasteiger partial charge in [0.15, 0.2) is 5.82 Å². The highest BCUT2D eigenvalue weighted by Gasteiger charge is 2.18. The average Bonchev–Trinajstić information content (AvgIpc) is 3.04. The van der Waals surface area contributed by atoms with Gasteiger partial charge in [0.2, 0.25) is 0 Å². The second-order valence-corrected chi connectivity index (χ2v) is 5.80. The third-order valence-electron chi connectivity index (χ3n) is 4.20. The van der Waals surface area contributed by atoms with Crippen molar-refractivity contribution >= 4 is 10.8 Å². The van der Waals surface area contributed by atoms with Crippen molar-refractivity contribution in [1.29, 1.82) is 0 Å². The molecule has 0 fully saturated rings. The van der Waals surface area contributed by atoms with E-state index in [1.165, 1.54) is 10.6 Å². The molecular formula is C20H17N3O3. The van der Waals surface area contributed by atoms with Gasteiger partial charge in [0, 0.05) is 5.39 Å². The second kappa shape index (κ2) is 6.40. The van der Waals surface area contributed by atoms with Crippen LogP contribution in [0, 0.1) is 0 Å². The summed E-state index contributed by atoms with van der Waals surface area (Å²) in [4.78, 5) is 12.5. The fourth-order valence-corrected chi connectivity index (χ4v) is 3.06. The second-order valence-electron chi connectivity index (χ2n) is 5.80. The normalized spacial score (nSPS) is 11.0. The monoisotopic (exact) mass is 347 g/mol. The van der Waals surface area contributed by atoms with Gasteiger partial charge in [0.05, 0.1) is 17.9 Å². The van der Waals surface area contributed by atoms with E-state index in [4.69, 9.17) is 4.74 Å². The molecule has 1 aromatic heterocycles. The van der Waals surface area contributed by atoms with E-state index in [2.05, 4.69) is 10.2 Å². The SMILES string of the molecule is CCOc1ccc(O)c(-c2n[nH]c(=O)n2-c2cccc3ccccc23)c1. The predicted octanol–water partition coefficient (Wildman–Crippen LogP) is 3.49. The molecular weight excluding hydrogens is 330 g/mol. The lowest BCUT2D eigenvalue weighted by Crippen LogP contribution is -2.16. The molecule has 0 aliphatic carbocycles. The zero-order valence-electron chi connectivity index (χ0n) is 14.1. The van der Waals surface area contributed by atoms with Crippen LogP contribution in [0.15, 0.2) is 65.5 Å². The van der Waals surface area contributed by atoms with Gasteiger partial charge in [-0.3, -0.25) is 0 Å². The fourth-order valence-electron chi connectivity index (χ4n) is 3.06. The van der Waals surface area contributed by atoms with Crippen LogP contribution in [0.25, 0.3) is 27.8 Å². The maximum Gasteiger partial charge on any atom is 0.348 e. The average molecular weight is 347 g/mol. The summed E-state index contributed by atoms with van der Waals surface area (Å²) < 4.78 is 6.97. The van der Waals surface area contributed by atoms with Crippen molar-refractivity contribution in [3.8, 4) is 28.6 Å². The molecule has 2 N–H and O–H groups in total. The number of ether oxygens (including phenoxy) is 1.